The highest BCUT2D eigenvalue weighted by Gasteiger charge is 2.71. The third kappa shape index (κ3) is 5.14. The smallest absolute Gasteiger partial charge is 0.430 e. The molecule has 2 aromatic rings. The molecule has 0 bridgehead atoms. The van der Waals surface area contributed by atoms with Crippen LogP contribution < -0.4 is 9.64 Å². The van der Waals surface area contributed by atoms with Crippen LogP contribution in [0.3, 0.4) is 0 Å². The third-order valence-electron chi connectivity index (χ3n) is 5.55. The number of benzene rings is 2. The van der Waals surface area contributed by atoms with Crippen molar-refractivity contribution in [1.82, 2.24) is 0 Å². The van der Waals surface area contributed by atoms with Gasteiger partial charge in [0.05, 0.1) is 5.69 Å². The molecule has 0 fully saturated rings. The zero-order chi connectivity index (χ0) is 25.1. The van der Waals surface area contributed by atoms with Gasteiger partial charge in [-0.25, -0.2) is 0 Å². The molecule has 2 aromatic carbocycles. The van der Waals surface area contributed by atoms with Gasteiger partial charge in [0.25, 0.3) is 5.60 Å². The molecule has 186 valence electrons. The first-order valence-electron chi connectivity index (χ1n) is 10.5. The molecule has 0 amide bonds. The van der Waals surface area contributed by atoms with Crippen molar-refractivity contribution in [3.05, 3.63) is 54.1 Å². The molecule has 11 heteroatoms. The molecule has 0 spiro atoms. The Morgan fingerprint density at radius 2 is 1.76 bits per heavy atom. The maximum Gasteiger partial charge on any atom is 0.430 e. The Bertz CT molecular complexity index is 969. The number of anilines is 1. The van der Waals surface area contributed by atoms with Crippen molar-refractivity contribution in [1.29, 1.82) is 0 Å². The first-order chi connectivity index (χ1) is 15.9. The van der Waals surface area contributed by atoms with Crippen LogP contribution in [0.4, 0.5) is 32.0 Å². The van der Waals surface area contributed by atoms with E-state index >= 15 is 0 Å². The van der Waals surface area contributed by atoms with Gasteiger partial charge in [0.15, 0.2) is 6.23 Å². The standard InChI is InChI=1S/C23H23F6NO3S/c1-2-17-14-30(20(9-6-12-31)33-16-7-4-3-5-8-16)18-11-10-15(13-19(18)34-17)21(32,22(24,25)26)23(27,28)29/h3-5,7-8,10-13,17,20,32H,2,6,9,14H2,1H3/t17-,20?/m0/s1. The molecule has 0 saturated carbocycles. The molecule has 0 aliphatic carbocycles. The van der Waals surface area contributed by atoms with Crippen molar-refractivity contribution in [3.63, 3.8) is 0 Å². The second-order valence-corrected chi connectivity index (χ2v) is 9.16. The number of thioether (sulfide) groups is 1. The Hall–Kier alpha value is -2.40. The fraction of sp³-hybridized carbons (Fsp3) is 0.435. The predicted octanol–water partition coefficient (Wildman–Crippen LogP) is 6.07. The van der Waals surface area contributed by atoms with E-state index in [1.54, 1.807) is 35.2 Å². The molecule has 1 aliphatic rings. The number of aliphatic hydroxyl groups is 1. The summed E-state index contributed by atoms with van der Waals surface area (Å²) >= 11 is 1.15. The van der Waals surface area contributed by atoms with Crippen LogP contribution in [0.5, 0.6) is 5.75 Å². The molecule has 1 heterocycles. The van der Waals surface area contributed by atoms with Crippen molar-refractivity contribution >= 4 is 23.7 Å². The van der Waals surface area contributed by atoms with E-state index in [1.165, 1.54) is 0 Å². The maximum absolute atomic E-state index is 13.4. The zero-order valence-electron chi connectivity index (χ0n) is 18.1. The van der Waals surface area contributed by atoms with Gasteiger partial charge >= 0.3 is 12.4 Å². The van der Waals surface area contributed by atoms with Crippen LogP contribution in [0, 0.1) is 0 Å². The molecule has 0 saturated heterocycles. The molecule has 4 nitrogen and oxygen atoms in total. The lowest BCUT2D eigenvalue weighted by atomic mass is 9.92. The maximum atomic E-state index is 13.4. The highest BCUT2D eigenvalue weighted by atomic mass is 32.2. The van der Waals surface area contributed by atoms with E-state index in [4.69, 9.17) is 4.74 Å². The van der Waals surface area contributed by atoms with Crippen LogP contribution in [0.1, 0.15) is 31.7 Å². The van der Waals surface area contributed by atoms with Crippen LogP contribution >= 0.6 is 11.8 Å². The summed E-state index contributed by atoms with van der Waals surface area (Å²) in [5.41, 5.74) is -5.93. The van der Waals surface area contributed by atoms with Crippen LogP contribution in [-0.2, 0) is 10.4 Å². The Labute approximate surface area is 196 Å². The lowest BCUT2D eigenvalue weighted by Crippen LogP contribution is -2.54. The van der Waals surface area contributed by atoms with E-state index in [0.29, 0.717) is 36.8 Å². The molecule has 1 N–H and O–H groups in total. The molecule has 3 rings (SSSR count). The van der Waals surface area contributed by atoms with E-state index in [0.717, 1.165) is 23.9 Å². The van der Waals surface area contributed by atoms with Gasteiger partial charge in [-0.15, -0.1) is 11.8 Å². The van der Waals surface area contributed by atoms with Crippen LogP contribution in [0.2, 0.25) is 0 Å². The second-order valence-electron chi connectivity index (χ2n) is 7.82. The van der Waals surface area contributed by atoms with Gasteiger partial charge in [0.2, 0.25) is 0 Å². The highest BCUT2D eigenvalue weighted by Crippen LogP contribution is 2.52. The number of aldehydes is 1. The van der Waals surface area contributed by atoms with Crippen molar-refractivity contribution in [3.8, 4) is 5.75 Å². The first kappa shape index (κ1) is 26.2. The van der Waals surface area contributed by atoms with E-state index in [-0.39, 0.29) is 23.0 Å². The number of para-hydroxylation sites is 1. The monoisotopic (exact) mass is 507 g/mol. The Kier molecular flexibility index (Phi) is 7.76. The van der Waals surface area contributed by atoms with E-state index in [9.17, 15) is 36.2 Å². The minimum Gasteiger partial charge on any atom is -0.471 e. The van der Waals surface area contributed by atoms with E-state index in [1.807, 2.05) is 6.92 Å². The van der Waals surface area contributed by atoms with Gasteiger partial charge in [-0.3, -0.25) is 0 Å². The molecule has 0 radical (unpaired) electrons. The molecule has 1 unspecified atom stereocenters. The third-order valence-corrected chi connectivity index (χ3v) is 6.95. The van der Waals surface area contributed by atoms with Gasteiger partial charge < -0.3 is 19.5 Å². The average molecular weight is 507 g/mol. The molecular formula is C23H23F6NO3S. The summed E-state index contributed by atoms with van der Waals surface area (Å²) < 4.78 is 86.5. The number of hydrogen-bond acceptors (Lipinski definition) is 5. The van der Waals surface area contributed by atoms with E-state index in [2.05, 4.69) is 0 Å². The number of halogens is 6. The summed E-state index contributed by atoms with van der Waals surface area (Å²) in [6.45, 7) is 2.26. The summed E-state index contributed by atoms with van der Waals surface area (Å²) in [7, 11) is 0. The topological polar surface area (TPSA) is 49.8 Å². The molecular weight excluding hydrogens is 484 g/mol. The van der Waals surface area contributed by atoms with Gasteiger partial charge in [-0.2, -0.15) is 26.3 Å². The van der Waals surface area contributed by atoms with Crippen molar-refractivity contribution in [2.75, 3.05) is 11.4 Å². The number of fused-ring (bicyclic) bond motifs is 1. The van der Waals surface area contributed by atoms with Crippen LogP contribution in [0.25, 0.3) is 0 Å². The predicted molar refractivity (Wildman–Crippen MR) is 116 cm³/mol. The van der Waals surface area contributed by atoms with Crippen molar-refractivity contribution in [2.24, 2.45) is 0 Å². The molecule has 0 aromatic heterocycles. The fourth-order valence-electron chi connectivity index (χ4n) is 3.72. The Morgan fingerprint density at radius 3 is 2.32 bits per heavy atom. The lowest BCUT2D eigenvalue weighted by Gasteiger charge is -2.41. The number of carbonyl (C=O) groups excluding carboxylic acids is 1. The van der Waals surface area contributed by atoms with Gasteiger partial charge in [0, 0.05) is 35.1 Å². The SMILES string of the molecule is CC[C@H]1CN(C(CCC=O)Oc2ccccc2)c2ccc(C(O)(C(F)(F)F)C(F)(F)F)cc2S1. The first-order valence-corrected chi connectivity index (χ1v) is 11.4. The minimum atomic E-state index is -5.97. The summed E-state index contributed by atoms with van der Waals surface area (Å²) in [6, 6.07) is 11.2. The quantitative estimate of drug-likeness (QED) is 0.347. The lowest BCUT2D eigenvalue weighted by molar-refractivity contribution is -0.376. The molecule has 34 heavy (non-hydrogen) atoms. The summed E-state index contributed by atoms with van der Waals surface area (Å²) in [5, 5.41) is 9.67. The normalized spacial score (nSPS) is 17.8. The number of nitrogens with zero attached hydrogens (tertiary/aromatic N) is 1. The summed E-state index contributed by atoms with van der Waals surface area (Å²) in [6.07, 6.45) is -10.9. The molecule has 2 atom stereocenters. The van der Waals surface area contributed by atoms with Gasteiger partial charge in [-0.05, 0) is 30.7 Å². The van der Waals surface area contributed by atoms with Crippen molar-refractivity contribution in [2.45, 2.75) is 60.5 Å². The van der Waals surface area contributed by atoms with Crippen LogP contribution in [0.15, 0.2) is 53.4 Å². The number of alkyl halides is 6. The Morgan fingerprint density at radius 1 is 1.12 bits per heavy atom. The summed E-state index contributed by atoms with van der Waals surface area (Å²) in [5.74, 6) is 0.506. The summed E-state index contributed by atoms with van der Waals surface area (Å²) in [4.78, 5) is 12.9. The highest BCUT2D eigenvalue weighted by molar-refractivity contribution is 8.00. The zero-order valence-corrected chi connectivity index (χ0v) is 18.9. The number of ether oxygens (including phenoxy) is 1. The fourth-order valence-corrected chi connectivity index (χ4v) is 4.99. The number of hydrogen-bond donors (Lipinski definition) is 1. The van der Waals surface area contributed by atoms with Gasteiger partial charge in [0.1, 0.15) is 12.0 Å². The van der Waals surface area contributed by atoms with Crippen LogP contribution in [-0.4, -0.2) is 41.8 Å². The minimum absolute atomic E-state index is 0.146. The van der Waals surface area contributed by atoms with Crippen molar-refractivity contribution < 1.29 is 41.0 Å². The van der Waals surface area contributed by atoms with E-state index < -0.39 is 29.7 Å². The Balaban J connectivity index is 2.07. The second kappa shape index (κ2) is 10.1. The average Bonchev–Trinajstić information content (AvgIpc) is 2.79. The largest absolute Gasteiger partial charge is 0.471 e. The van der Waals surface area contributed by atoms with Gasteiger partial charge in [-0.1, -0.05) is 31.2 Å². The number of carbonyl (C=O) groups is 1. The number of rotatable bonds is 8. The molecule has 1 aliphatic heterocycles.